The molecule has 5 amide bonds. The Morgan fingerprint density at radius 3 is 2.28 bits per heavy atom. The number of primary amides is 1. The van der Waals surface area contributed by atoms with Gasteiger partial charge in [0.15, 0.2) is 11.5 Å². The maximum Gasteiger partial charge on any atom is 0.327 e. The van der Waals surface area contributed by atoms with Crippen LogP contribution < -0.4 is 15.2 Å². The smallest absolute Gasteiger partial charge is 0.327 e. The Bertz CT molecular complexity index is 905. The quantitative estimate of drug-likeness (QED) is 0.638. The standard InChI is InChI=1S/C22H28N4O6/c1-31-17-10-14-9-16-21(29)25(22(30)26(16)12-15(14)11-18(17)32-2)8-5-19(27)24-6-3-13(4-7-24)20(23)28/h10-11,13,16H,3-9,12H2,1-2H3,(H2,23,28)/t16-/m0/s1. The fourth-order valence-corrected chi connectivity index (χ4v) is 4.75. The second-order valence-corrected chi connectivity index (χ2v) is 8.40. The largest absolute Gasteiger partial charge is 0.493 e. The number of hydrogen-bond donors (Lipinski definition) is 1. The van der Waals surface area contributed by atoms with Crippen molar-refractivity contribution in [1.82, 2.24) is 14.7 Å². The van der Waals surface area contributed by atoms with Gasteiger partial charge in [-0.3, -0.25) is 19.3 Å². The molecule has 4 rings (SSSR count). The summed E-state index contributed by atoms with van der Waals surface area (Å²) in [6.45, 7) is 1.27. The molecule has 10 nitrogen and oxygen atoms in total. The van der Waals surface area contributed by atoms with Gasteiger partial charge in [0.1, 0.15) is 6.04 Å². The maximum absolute atomic E-state index is 13.0. The molecular weight excluding hydrogens is 416 g/mol. The van der Waals surface area contributed by atoms with E-state index in [2.05, 4.69) is 0 Å². The molecule has 0 radical (unpaired) electrons. The van der Waals surface area contributed by atoms with Crippen LogP contribution in [0, 0.1) is 5.92 Å². The van der Waals surface area contributed by atoms with E-state index >= 15 is 0 Å². The van der Waals surface area contributed by atoms with E-state index in [0.29, 0.717) is 50.4 Å². The minimum absolute atomic E-state index is 0.0439. The average Bonchev–Trinajstić information content (AvgIpc) is 3.03. The summed E-state index contributed by atoms with van der Waals surface area (Å²) in [5.41, 5.74) is 7.20. The lowest BCUT2D eigenvalue weighted by atomic mass is 9.94. The SMILES string of the molecule is COc1cc2c(cc1OC)CN1C(=O)N(CCC(=O)N3CCC(C(N)=O)CC3)C(=O)[C@@H]1C2. The summed E-state index contributed by atoms with van der Waals surface area (Å²) in [6.07, 6.45) is 1.55. The van der Waals surface area contributed by atoms with Gasteiger partial charge in [0.05, 0.1) is 14.2 Å². The van der Waals surface area contributed by atoms with Gasteiger partial charge in [-0.1, -0.05) is 0 Å². The molecular formula is C22H28N4O6. The van der Waals surface area contributed by atoms with E-state index in [1.807, 2.05) is 12.1 Å². The molecule has 0 aromatic heterocycles. The zero-order valence-corrected chi connectivity index (χ0v) is 18.3. The number of piperidine rings is 1. The van der Waals surface area contributed by atoms with Crippen molar-refractivity contribution in [3.8, 4) is 11.5 Å². The maximum atomic E-state index is 13.0. The number of imide groups is 1. The van der Waals surface area contributed by atoms with E-state index in [1.165, 1.54) is 4.90 Å². The molecule has 10 heteroatoms. The second kappa shape index (κ2) is 8.68. The lowest BCUT2D eigenvalue weighted by Crippen LogP contribution is -2.43. The van der Waals surface area contributed by atoms with Gasteiger partial charge in [-0.2, -0.15) is 0 Å². The molecule has 0 aliphatic carbocycles. The van der Waals surface area contributed by atoms with Crippen LogP contribution in [-0.2, 0) is 27.3 Å². The summed E-state index contributed by atoms with van der Waals surface area (Å²) in [5, 5.41) is 0. The Labute approximate surface area is 186 Å². The first-order valence-corrected chi connectivity index (χ1v) is 10.8. The molecule has 3 heterocycles. The van der Waals surface area contributed by atoms with Gasteiger partial charge in [-0.15, -0.1) is 0 Å². The van der Waals surface area contributed by atoms with E-state index in [4.69, 9.17) is 15.2 Å². The number of ether oxygens (including phenoxy) is 2. The first-order chi connectivity index (χ1) is 15.3. The summed E-state index contributed by atoms with van der Waals surface area (Å²) in [4.78, 5) is 54.2. The summed E-state index contributed by atoms with van der Waals surface area (Å²) in [5.74, 6) is 0.213. The number of fused-ring (bicyclic) bond motifs is 2. The van der Waals surface area contributed by atoms with Crippen molar-refractivity contribution >= 4 is 23.8 Å². The summed E-state index contributed by atoms with van der Waals surface area (Å²) < 4.78 is 10.7. The number of likely N-dealkylation sites (tertiary alicyclic amines) is 1. The highest BCUT2D eigenvalue weighted by Gasteiger charge is 2.47. The van der Waals surface area contributed by atoms with Crippen molar-refractivity contribution in [1.29, 1.82) is 0 Å². The molecule has 3 aliphatic rings. The van der Waals surface area contributed by atoms with E-state index in [1.54, 1.807) is 24.0 Å². The highest BCUT2D eigenvalue weighted by atomic mass is 16.5. The lowest BCUT2D eigenvalue weighted by molar-refractivity contribution is -0.135. The molecule has 172 valence electrons. The third kappa shape index (κ3) is 3.85. The molecule has 0 saturated carbocycles. The Morgan fingerprint density at radius 1 is 1.06 bits per heavy atom. The summed E-state index contributed by atoms with van der Waals surface area (Å²) in [7, 11) is 3.11. The molecule has 0 bridgehead atoms. The number of nitrogens with two attached hydrogens (primary N) is 1. The van der Waals surface area contributed by atoms with Crippen molar-refractivity contribution in [3.63, 3.8) is 0 Å². The molecule has 0 spiro atoms. The fraction of sp³-hybridized carbons (Fsp3) is 0.545. The molecule has 3 aliphatic heterocycles. The number of carbonyl (C=O) groups excluding carboxylic acids is 4. The minimum atomic E-state index is -0.575. The van der Waals surface area contributed by atoms with E-state index in [-0.39, 0.29) is 42.6 Å². The van der Waals surface area contributed by atoms with Crippen molar-refractivity contribution in [2.75, 3.05) is 33.9 Å². The van der Waals surface area contributed by atoms with Crippen LogP contribution in [0.5, 0.6) is 11.5 Å². The van der Waals surface area contributed by atoms with E-state index in [9.17, 15) is 19.2 Å². The van der Waals surface area contributed by atoms with Crippen LogP contribution in [0.4, 0.5) is 4.79 Å². The topological polar surface area (TPSA) is 122 Å². The van der Waals surface area contributed by atoms with Crippen molar-refractivity contribution in [2.45, 2.75) is 38.3 Å². The Hall–Kier alpha value is -3.30. The molecule has 0 unspecified atom stereocenters. The van der Waals surface area contributed by atoms with Crippen LogP contribution >= 0.6 is 0 Å². The van der Waals surface area contributed by atoms with Gasteiger partial charge in [0.25, 0.3) is 5.91 Å². The predicted molar refractivity (Wildman–Crippen MR) is 113 cm³/mol. The fourth-order valence-electron chi connectivity index (χ4n) is 4.75. The third-order valence-corrected chi connectivity index (χ3v) is 6.66. The first kappa shape index (κ1) is 21.9. The van der Waals surface area contributed by atoms with Crippen LogP contribution in [0.1, 0.15) is 30.4 Å². The zero-order valence-electron chi connectivity index (χ0n) is 18.3. The minimum Gasteiger partial charge on any atom is -0.493 e. The van der Waals surface area contributed by atoms with Crippen molar-refractivity contribution in [2.24, 2.45) is 11.7 Å². The van der Waals surface area contributed by atoms with Gasteiger partial charge < -0.3 is 25.0 Å². The van der Waals surface area contributed by atoms with Crippen molar-refractivity contribution in [3.05, 3.63) is 23.3 Å². The monoisotopic (exact) mass is 444 g/mol. The number of benzene rings is 1. The molecule has 2 fully saturated rings. The van der Waals surface area contributed by atoms with Gasteiger partial charge in [-0.05, 0) is 36.1 Å². The van der Waals surface area contributed by atoms with Gasteiger partial charge in [-0.25, -0.2) is 4.79 Å². The molecule has 2 saturated heterocycles. The van der Waals surface area contributed by atoms with Gasteiger partial charge in [0.2, 0.25) is 11.8 Å². The molecule has 32 heavy (non-hydrogen) atoms. The predicted octanol–water partition coefficient (Wildman–Crippen LogP) is 0.507. The second-order valence-electron chi connectivity index (χ2n) is 8.40. The summed E-state index contributed by atoms with van der Waals surface area (Å²) >= 11 is 0. The number of rotatable bonds is 6. The van der Waals surface area contributed by atoms with Crippen LogP contribution in [0.15, 0.2) is 12.1 Å². The highest BCUT2D eigenvalue weighted by Crippen LogP contribution is 2.37. The number of amides is 5. The lowest BCUT2D eigenvalue weighted by Gasteiger charge is -2.31. The zero-order chi connectivity index (χ0) is 23.0. The number of methoxy groups -OCH3 is 2. The average molecular weight is 444 g/mol. The number of nitrogens with zero attached hydrogens (tertiary/aromatic N) is 3. The van der Waals surface area contributed by atoms with Crippen molar-refractivity contribution < 1.29 is 28.7 Å². The molecule has 1 atom stereocenters. The van der Waals surface area contributed by atoms with Gasteiger partial charge in [0, 0.05) is 44.9 Å². The normalized spacial score (nSPS) is 20.8. The van der Waals surface area contributed by atoms with E-state index in [0.717, 1.165) is 11.1 Å². The van der Waals surface area contributed by atoms with Crippen LogP contribution in [-0.4, -0.2) is 78.3 Å². The van der Waals surface area contributed by atoms with Gasteiger partial charge >= 0.3 is 6.03 Å². The highest BCUT2D eigenvalue weighted by molar-refractivity contribution is 6.05. The third-order valence-electron chi connectivity index (χ3n) is 6.66. The molecule has 1 aromatic rings. The van der Waals surface area contributed by atoms with Crippen LogP contribution in [0.25, 0.3) is 0 Å². The number of carbonyl (C=O) groups is 4. The summed E-state index contributed by atoms with van der Waals surface area (Å²) in [6, 6.07) is 2.74. The molecule has 2 N–H and O–H groups in total. The van der Waals surface area contributed by atoms with E-state index < -0.39 is 6.04 Å². The first-order valence-electron chi connectivity index (χ1n) is 10.8. The molecule has 1 aromatic carbocycles. The number of urea groups is 1. The Balaban J connectivity index is 1.39. The number of hydrogen-bond acceptors (Lipinski definition) is 6. The Kier molecular flexibility index (Phi) is 5.94. The van der Waals surface area contributed by atoms with Crippen LogP contribution in [0.3, 0.4) is 0 Å². The van der Waals surface area contributed by atoms with Crippen LogP contribution in [0.2, 0.25) is 0 Å². The Morgan fingerprint density at radius 2 is 1.69 bits per heavy atom.